The summed E-state index contributed by atoms with van der Waals surface area (Å²) in [4.78, 5) is 0. The second-order valence-electron chi connectivity index (χ2n) is 4.42. The van der Waals surface area contributed by atoms with Gasteiger partial charge in [-0.05, 0) is 0 Å². The summed E-state index contributed by atoms with van der Waals surface area (Å²) in [6.45, 7) is 4.81. The van der Waals surface area contributed by atoms with Crippen molar-refractivity contribution in [2.75, 3.05) is 79.0 Å². The first-order valence-corrected chi connectivity index (χ1v) is 6.78. The molecule has 0 saturated heterocycles. The third kappa shape index (κ3) is 9.28. The maximum atomic E-state index is 9.10. The van der Waals surface area contributed by atoms with E-state index in [1.54, 1.807) is 0 Å². The number of hydrogen-bond acceptors (Lipinski definition) is 6. The molecule has 0 heterocycles. The van der Waals surface area contributed by atoms with E-state index in [0.29, 0.717) is 63.6 Å². The maximum Gasteiger partial charge on any atom is 0.103 e. The van der Waals surface area contributed by atoms with Crippen molar-refractivity contribution in [1.82, 2.24) is 0 Å². The van der Waals surface area contributed by atoms with E-state index in [0.717, 1.165) is 0 Å². The number of aliphatic hydroxyl groups excluding tert-OH is 3. The molecular weight excluding hydrogens is 252 g/mol. The Labute approximate surface area is 115 Å². The molecule has 0 aliphatic rings. The number of nitrogens with two attached hydrogens (primary N) is 1. The third-order valence-corrected chi connectivity index (χ3v) is 3.07. The number of quaternary nitrogens is 1. The molecule has 116 valence electrons. The number of hydrogen-bond donors (Lipinski definition) is 4. The summed E-state index contributed by atoms with van der Waals surface area (Å²) in [5.74, 6) is 0. The summed E-state index contributed by atoms with van der Waals surface area (Å²) in [7, 11) is 0. The summed E-state index contributed by atoms with van der Waals surface area (Å²) in [5.41, 5.74) is 5.29. The van der Waals surface area contributed by atoms with Crippen LogP contribution in [-0.4, -0.2) is 98.8 Å². The highest BCUT2D eigenvalue weighted by atomic mass is 16.5. The van der Waals surface area contributed by atoms with Gasteiger partial charge >= 0.3 is 0 Å². The summed E-state index contributed by atoms with van der Waals surface area (Å²) < 4.78 is 11.1. The van der Waals surface area contributed by atoms with E-state index in [1.807, 2.05) is 0 Å². The molecule has 0 unspecified atom stereocenters. The van der Waals surface area contributed by atoms with Crippen LogP contribution >= 0.6 is 0 Å². The monoisotopic (exact) mass is 281 g/mol. The molecule has 19 heavy (non-hydrogen) atoms. The van der Waals surface area contributed by atoms with Gasteiger partial charge in [-0.15, -0.1) is 0 Å². The van der Waals surface area contributed by atoms with Gasteiger partial charge in [0, 0.05) is 6.54 Å². The van der Waals surface area contributed by atoms with Gasteiger partial charge in [0.05, 0.1) is 46.2 Å². The Hall–Kier alpha value is -0.280. The van der Waals surface area contributed by atoms with Crippen LogP contribution in [0.3, 0.4) is 0 Å². The fourth-order valence-electron chi connectivity index (χ4n) is 1.97. The van der Waals surface area contributed by atoms with Gasteiger partial charge in [0.15, 0.2) is 0 Å². The molecule has 0 saturated carbocycles. The quantitative estimate of drug-likeness (QED) is 0.212. The lowest BCUT2D eigenvalue weighted by atomic mass is 10.3. The fourth-order valence-corrected chi connectivity index (χ4v) is 1.97. The highest BCUT2D eigenvalue weighted by Gasteiger charge is 2.25. The summed E-state index contributed by atoms with van der Waals surface area (Å²) in [6, 6.07) is 0. The SMILES string of the molecule is NCCOCCOCC[N+](CCO)(CCO)CCO. The van der Waals surface area contributed by atoms with Crippen LogP contribution in [0.25, 0.3) is 0 Å². The van der Waals surface area contributed by atoms with Crippen LogP contribution in [0.4, 0.5) is 0 Å². The van der Waals surface area contributed by atoms with Crippen LogP contribution in [0, 0.1) is 0 Å². The summed E-state index contributed by atoms with van der Waals surface area (Å²) in [5, 5.41) is 27.3. The molecule has 0 aromatic rings. The van der Waals surface area contributed by atoms with Crippen LogP contribution in [0.15, 0.2) is 0 Å². The van der Waals surface area contributed by atoms with Crippen molar-refractivity contribution in [3.8, 4) is 0 Å². The van der Waals surface area contributed by atoms with Crippen LogP contribution in [-0.2, 0) is 9.47 Å². The number of aliphatic hydroxyl groups is 3. The van der Waals surface area contributed by atoms with Crippen molar-refractivity contribution >= 4 is 0 Å². The van der Waals surface area contributed by atoms with Gasteiger partial charge in [-0.1, -0.05) is 0 Å². The first-order chi connectivity index (χ1) is 9.24. The topological polar surface area (TPSA) is 105 Å². The Kier molecular flexibility index (Phi) is 12.6. The number of rotatable bonds is 14. The standard InChI is InChI=1S/C12H29N2O5/c13-1-9-18-11-12-19-10-5-14(2-6-15,3-7-16)4-8-17/h15-17H,1-13H2/q+1. The molecule has 0 aliphatic carbocycles. The second kappa shape index (κ2) is 12.7. The molecule has 0 spiro atoms. The first kappa shape index (κ1) is 18.7. The molecule has 0 atom stereocenters. The van der Waals surface area contributed by atoms with Crippen molar-refractivity contribution in [2.45, 2.75) is 0 Å². The predicted molar refractivity (Wildman–Crippen MR) is 71.7 cm³/mol. The minimum Gasteiger partial charge on any atom is -0.391 e. The normalized spacial score (nSPS) is 12.0. The predicted octanol–water partition coefficient (Wildman–Crippen LogP) is -2.23. The molecule has 0 aromatic heterocycles. The van der Waals surface area contributed by atoms with Gasteiger partial charge in [-0.3, -0.25) is 0 Å². The van der Waals surface area contributed by atoms with Crippen LogP contribution in [0.2, 0.25) is 0 Å². The van der Waals surface area contributed by atoms with E-state index in [4.69, 9.17) is 30.5 Å². The Balaban J connectivity index is 3.89. The van der Waals surface area contributed by atoms with Crippen molar-refractivity contribution in [3.63, 3.8) is 0 Å². The van der Waals surface area contributed by atoms with Gasteiger partial charge in [0.2, 0.25) is 0 Å². The van der Waals surface area contributed by atoms with Crippen molar-refractivity contribution < 1.29 is 29.3 Å². The van der Waals surface area contributed by atoms with E-state index in [-0.39, 0.29) is 19.8 Å². The number of nitrogens with zero attached hydrogens (tertiary/aromatic N) is 1. The molecular formula is C12H29N2O5+. The van der Waals surface area contributed by atoms with E-state index in [1.165, 1.54) is 0 Å². The maximum absolute atomic E-state index is 9.10. The zero-order valence-electron chi connectivity index (χ0n) is 11.7. The van der Waals surface area contributed by atoms with Crippen LogP contribution in [0.1, 0.15) is 0 Å². The Morgan fingerprint density at radius 2 is 1.16 bits per heavy atom. The highest BCUT2D eigenvalue weighted by Crippen LogP contribution is 2.05. The lowest BCUT2D eigenvalue weighted by Gasteiger charge is -2.37. The largest absolute Gasteiger partial charge is 0.391 e. The number of ether oxygens (including phenoxy) is 2. The molecule has 0 aromatic carbocycles. The molecule has 7 nitrogen and oxygen atoms in total. The van der Waals surface area contributed by atoms with Gasteiger partial charge < -0.3 is 35.0 Å². The smallest absolute Gasteiger partial charge is 0.103 e. The summed E-state index contributed by atoms with van der Waals surface area (Å²) in [6.07, 6.45) is 0. The molecule has 0 rings (SSSR count). The molecule has 0 fully saturated rings. The average molecular weight is 281 g/mol. The molecule has 0 aliphatic heterocycles. The fraction of sp³-hybridized carbons (Fsp3) is 1.00. The van der Waals surface area contributed by atoms with Crippen LogP contribution in [0.5, 0.6) is 0 Å². The lowest BCUT2D eigenvalue weighted by molar-refractivity contribution is -0.929. The third-order valence-electron chi connectivity index (χ3n) is 3.07. The van der Waals surface area contributed by atoms with Gasteiger partial charge in [0.25, 0.3) is 0 Å². The van der Waals surface area contributed by atoms with E-state index in [2.05, 4.69) is 0 Å². The van der Waals surface area contributed by atoms with Gasteiger partial charge in [0.1, 0.15) is 26.2 Å². The summed E-state index contributed by atoms with van der Waals surface area (Å²) >= 11 is 0. The van der Waals surface area contributed by atoms with E-state index in [9.17, 15) is 0 Å². The zero-order chi connectivity index (χ0) is 14.4. The van der Waals surface area contributed by atoms with Crippen molar-refractivity contribution in [1.29, 1.82) is 0 Å². The van der Waals surface area contributed by atoms with E-state index < -0.39 is 0 Å². The Morgan fingerprint density at radius 3 is 1.58 bits per heavy atom. The minimum atomic E-state index is 0.0274. The van der Waals surface area contributed by atoms with Crippen molar-refractivity contribution in [3.05, 3.63) is 0 Å². The molecule has 0 bridgehead atoms. The lowest BCUT2D eigenvalue weighted by Crippen LogP contribution is -2.55. The van der Waals surface area contributed by atoms with Crippen molar-refractivity contribution in [2.24, 2.45) is 5.73 Å². The average Bonchev–Trinajstić information content (AvgIpc) is 2.39. The molecule has 0 radical (unpaired) electrons. The minimum absolute atomic E-state index is 0.0274. The van der Waals surface area contributed by atoms with Gasteiger partial charge in [-0.25, -0.2) is 0 Å². The van der Waals surface area contributed by atoms with E-state index >= 15 is 0 Å². The Bertz CT molecular complexity index is 178. The first-order valence-electron chi connectivity index (χ1n) is 6.78. The molecule has 5 N–H and O–H groups in total. The van der Waals surface area contributed by atoms with Gasteiger partial charge in [-0.2, -0.15) is 0 Å². The molecule has 7 heteroatoms. The Morgan fingerprint density at radius 1 is 0.684 bits per heavy atom. The van der Waals surface area contributed by atoms with Crippen LogP contribution < -0.4 is 5.73 Å². The molecule has 0 amide bonds. The zero-order valence-corrected chi connectivity index (χ0v) is 11.7. The highest BCUT2D eigenvalue weighted by molar-refractivity contribution is 4.45. The second-order valence-corrected chi connectivity index (χ2v) is 4.42.